The standard InChI is InChI=1S/C8H5F5N2O5S/c9-7(10,11)6(8(12,13)21(17,18)19)20-5(16)4-1-2-14-3-15-4/h1-3,6H,(H,17,18,19). The summed E-state index contributed by atoms with van der Waals surface area (Å²) in [6, 6.07) is 0.751. The molecule has 1 aromatic rings. The van der Waals surface area contributed by atoms with Crippen molar-refractivity contribution < 1.29 is 44.5 Å². The molecule has 0 radical (unpaired) electrons. The topological polar surface area (TPSA) is 106 Å². The molecule has 21 heavy (non-hydrogen) atoms. The van der Waals surface area contributed by atoms with Crippen LogP contribution in [0.25, 0.3) is 0 Å². The number of alkyl halides is 5. The first-order chi connectivity index (χ1) is 9.37. The molecule has 0 saturated carbocycles. The molecule has 0 fully saturated rings. The molecule has 0 spiro atoms. The van der Waals surface area contributed by atoms with Gasteiger partial charge in [-0.3, -0.25) is 4.55 Å². The van der Waals surface area contributed by atoms with Crippen molar-refractivity contribution in [2.24, 2.45) is 0 Å². The van der Waals surface area contributed by atoms with Crippen molar-refractivity contribution in [3.8, 4) is 0 Å². The fourth-order valence-electron chi connectivity index (χ4n) is 1.04. The van der Waals surface area contributed by atoms with Gasteiger partial charge in [0.1, 0.15) is 6.33 Å². The summed E-state index contributed by atoms with van der Waals surface area (Å²) < 4.78 is 95.9. The largest absolute Gasteiger partial charge is 0.440 e. The van der Waals surface area contributed by atoms with Crippen LogP contribution in [0.5, 0.6) is 0 Å². The minimum absolute atomic E-state index is 0.722. The van der Waals surface area contributed by atoms with Crippen LogP contribution in [-0.4, -0.2) is 46.4 Å². The summed E-state index contributed by atoms with van der Waals surface area (Å²) in [4.78, 5) is 17.7. The predicted octanol–water partition coefficient (Wildman–Crippen LogP) is 1.04. The maximum absolute atomic E-state index is 13.1. The van der Waals surface area contributed by atoms with Gasteiger partial charge in [-0.25, -0.2) is 14.8 Å². The van der Waals surface area contributed by atoms with E-state index >= 15 is 0 Å². The Kier molecular flexibility index (Phi) is 4.48. The molecule has 13 heteroatoms. The molecule has 0 saturated heterocycles. The van der Waals surface area contributed by atoms with E-state index in [0.29, 0.717) is 0 Å². The molecule has 1 aromatic heterocycles. The molecule has 1 atom stereocenters. The number of nitrogens with zero attached hydrogens (tertiary/aromatic N) is 2. The lowest BCUT2D eigenvalue weighted by Crippen LogP contribution is -2.52. The molecule has 0 aliphatic carbocycles. The summed E-state index contributed by atoms with van der Waals surface area (Å²) in [5.74, 6) is -1.97. The monoisotopic (exact) mass is 336 g/mol. The molecule has 1 unspecified atom stereocenters. The summed E-state index contributed by atoms with van der Waals surface area (Å²) in [6.07, 6.45) is -8.72. The molecule has 0 aliphatic rings. The lowest BCUT2D eigenvalue weighted by Gasteiger charge is -2.25. The zero-order valence-electron chi connectivity index (χ0n) is 9.58. The fourth-order valence-corrected chi connectivity index (χ4v) is 1.49. The molecule has 1 N–H and O–H groups in total. The highest BCUT2D eigenvalue weighted by Gasteiger charge is 2.66. The Bertz CT molecular complexity index is 618. The van der Waals surface area contributed by atoms with Crippen molar-refractivity contribution in [2.75, 3.05) is 0 Å². The van der Waals surface area contributed by atoms with Crippen LogP contribution in [0.3, 0.4) is 0 Å². The maximum atomic E-state index is 13.1. The average Bonchev–Trinajstić information content (AvgIpc) is 2.33. The molecular weight excluding hydrogens is 331 g/mol. The number of ether oxygens (including phenoxy) is 1. The lowest BCUT2D eigenvalue weighted by molar-refractivity contribution is -0.248. The van der Waals surface area contributed by atoms with E-state index in [4.69, 9.17) is 4.55 Å². The summed E-state index contributed by atoms with van der Waals surface area (Å²) in [6.45, 7) is 0. The van der Waals surface area contributed by atoms with Gasteiger partial charge >= 0.3 is 27.5 Å². The van der Waals surface area contributed by atoms with E-state index in [1.807, 2.05) is 0 Å². The van der Waals surface area contributed by atoms with Gasteiger partial charge in [0.15, 0.2) is 5.69 Å². The van der Waals surface area contributed by atoms with Crippen LogP contribution in [0.2, 0.25) is 0 Å². The third kappa shape index (κ3) is 3.81. The number of rotatable bonds is 4. The van der Waals surface area contributed by atoms with Gasteiger partial charge in [0.25, 0.3) is 6.10 Å². The van der Waals surface area contributed by atoms with Crippen molar-refractivity contribution in [2.45, 2.75) is 17.5 Å². The molecule has 0 amide bonds. The lowest BCUT2D eigenvalue weighted by atomic mass is 10.3. The summed E-state index contributed by atoms with van der Waals surface area (Å²) in [7, 11) is -6.48. The smallest absolute Gasteiger partial charge is 0.432 e. The van der Waals surface area contributed by atoms with E-state index in [2.05, 4.69) is 14.7 Å². The molecule has 0 aromatic carbocycles. The number of carbonyl (C=O) groups excluding carboxylic acids is 1. The molecular formula is C8H5F5N2O5S. The van der Waals surface area contributed by atoms with Crippen LogP contribution in [0, 0.1) is 0 Å². The van der Waals surface area contributed by atoms with Crippen LogP contribution in [0.15, 0.2) is 18.6 Å². The van der Waals surface area contributed by atoms with Crippen molar-refractivity contribution >= 4 is 16.1 Å². The van der Waals surface area contributed by atoms with E-state index in [1.165, 1.54) is 0 Å². The number of esters is 1. The molecule has 0 bridgehead atoms. The van der Waals surface area contributed by atoms with Crippen LogP contribution in [0.1, 0.15) is 10.5 Å². The van der Waals surface area contributed by atoms with E-state index < -0.39 is 39.3 Å². The van der Waals surface area contributed by atoms with Crippen LogP contribution < -0.4 is 0 Å². The summed E-state index contributed by atoms with van der Waals surface area (Å²) in [5.41, 5.74) is -0.814. The maximum Gasteiger partial charge on any atom is 0.432 e. The van der Waals surface area contributed by atoms with Gasteiger partial charge in [-0.2, -0.15) is 30.4 Å². The number of carbonyl (C=O) groups is 1. The van der Waals surface area contributed by atoms with Crippen LogP contribution in [-0.2, 0) is 14.9 Å². The fraction of sp³-hybridized carbons (Fsp3) is 0.375. The number of hydrogen-bond acceptors (Lipinski definition) is 6. The van der Waals surface area contributed by atoms with E-state index in [0.717, 1.165) is 18.6 Å². The second-order valence-electron chi connectivity index (χ2n) is 3.46. The average molecular weight is 336 g/mol. The number of aromatic nitrogens is 2. The Morgan fingerprint density at radius 3 is 2.24 bits per heavy atom. The Hall–Kier alpha value is -1.89. The summed E-state index contributed by atoms with van der Waals surface area (Å²) in [5, 5.41) is -5.78. The van der Waals surface area contributed by atoms with E-state index in [-0.39, 0.29) is 0 Å². The second-order valence-corrected chi connectivity index (χ2v) is 4.95. The minimum Gasteiger partial charge on any atom is -0.440 e. The van der Waals surface area contributed by atoms with E-state index in [1.54, 1.807) is 0 Å². The highest BCUT2D eigenvalue weighted by molar-refractivity contribution is 7.86. The Labute approximate surface area is 113 Å². The molecule has 1 rings (SSSR count). The second kappa shape index (κ2) is 5.48. The third-order valence-electron chi connectivity index (χ3n) is 1.96. The predicted molar refractivity (Wildman–Crippen MR) is 53.8 cm³/mol. The molecule has 7 nitrogen and oxygen atoms in total. The van der Waals surface area contributed by atoms with Gasteiger partial charge in [-0.1, -0.05) is 0 Å². The zero-order chi connectivity index (χ0) is 16.5. The molecule has 118 valence electrons. The molecule has 1 heterocycles. The van der Waals surface area contributed by atoms with Crippen molar-refractivity contribution in [3.05, 3.63) is 24.3 Å². The van der Waals surface area contributed by atoms with Gasteiger partial charge in [0.05, 0.1) is 0 Å². The van der Waals surface area contributed by atoms with Crippen LogP contribution >= 0.6 is 0 Å². The van der Waals surface area contributed by atoms with Gasteiger partial charge in [-0.15, -0.1) is 0 Å². The Balaban J connectivity index is 3.16. The van der Waals surface area contributed by atoms with E-state index in [9.17, 15) is 35.2 Å². The van der Waals surface area contributed by atoms with Crippen molar-refractivity contribution in [1.29, 1.82) is 0 Å². The minimum atomic E-state index is -6.48. The quantitative estimate of drug-likeness (QED) is 0.497. The highest BCUT2D eigenvalue weighted by atomic mass is 32.2. The first-order valence-corrected chi connectivity index (χ1v) is 6.20. The van der Waals surface area contributed by atoms with Crippen LogP contribution in [0.4, 0.5) is 22.0 Å². The van der Waals surface area contributed by atoms with Gasteiger partial charge in [0, 0.05) is 6.20 Å². The highest BCUT2D eigenvalue weighted by Crippen LogP contribution is 2.38. The first-order valence-electron chi connectivity index (χ1n) is 4.76. The Morgan fingerprint density at radius 1 is 1.29 bits per heavy atom. The number of hydrogen-bond donors (Lipinski definition) is 1. The normalized spacial score (nSPS) is 14.6. The zero-order valence-corrected chi connectivity index (χ0v) is 10.4. The summed E-state index contributed by atoms with van der Waals surface area (Å²) >= 11 is 0. The Morgan fingerprint density at radius 2 is 1.86 bits per heavy atom. The van der Waals surface area contributed by atoms with Gasteiger partial charge < -0.3 is 4.74 Å². The molecule has 0 aliphatic heterocycles. The van der Waals surface area contributed by atoms with Crippen molar-refractivity contribution in [1.82, 2.24) is 9.97 Å². The first kappa shape index (κ1) is 17.2. The SMILES string of the molecule is O=C(OC(C(F)(F)F)C(F)(F)S(=O)(=O)O)c1ccncn1. The van der Waals surface area contributed by atoms with Gasteiger partial charge in [-0.05, 0) is 6.07 Å². The van der Waals surface area contributed by atoms with Gasteiger partial charge in [0.2, 0.25) is 0 Å². The third-order valence-corrected chi connectivity index (χ3v) is 2.86. The number of halogens is 5. The van der Waals surface area contributed by atoms with Crippen molar-refractivity contribution in [3.63, 3.8) is 0 Å².